The van der Waals surface area contributed by atoms with Gasteiger partial charge >= 0.3 is 5.97 Å². The normalized spacial score (nSPS) is 20.8. The van der Waals surface area contributed by atoms with Crippen LogP contribution in [0, 0.1) is 5.92 Å². The number of amides is 1. The molecule has 2 N–H and O–H groups in total. The summed E-state index contributed by atoms with van der Waals surface area (Å²) < 4.78 is 5.07. The van der Waals surface area contributed by atoms with Crippen molar-refractivity contribution >= 4 is 23.8 Å². The van der Waals surface area contributed by atoms with Crippen LogP contribution in [-0.2, 0) is 14.3 Å². The largest absolute Gasteiger partial charge is 0.466 e. The molecule has 1 aliphatic carbocycles. The van der Waals surface area contributed by atoms with Crippen LogP contribution in [0.15, 0.2) is 29.4 Å². The van der Waals surface area contributed by atoms with E-state index in [4.69, 9.17) is 9.94 Å². The van der Waals surface area contributed by atoms with Gasteiger partial charge in [0.15, 0.2) is 0 Å². The highest BCUT2D eigenvalue weighted by Crippen LogP contribution is 2.43. The average Bonchev–Trinajstić information content (AvgIpc) is 2.40. The molecule has 0 aromatic heterocycles. The number of ether oxygens (including phenoxy) is 1. The number of carbonyl (C=O) groups is 2. The second kappa shape index (κ2) is 6.88. The SMILES string of the molecule is CCOC(=O)C1CCC1c1ccc(NC(=O)/C=N/O)cc1. The summed E-state index contributed by atoms with van der Waals surface area (Å²) in [6.45, 7) is 2.21. The molecule has 112 valence electrons. The Morgan fingerprint density at radius 1 is 1.38 bits per heavy atom. The smallest absolute Gasteiger partial charge is 0.309 e. The van der Waals surface area contributed by atoms with Crippen molar-refractivity contribution in [3.05, 3.63) is 29.8 Å². The van der Waals surface area contributed by atoms with Gasteiger partial charge in [-0.15, -0.1) is 0 Å². The summed E-state index contributed by atoms with van der Waals surface area (Å²) in [5.41, 5.74) is 1.67. The fraction of sp³-hybridized carbons (Fsp3) is 0.400. The van der Waals surface area contributed by atoms with Gasteiger partial charge in [0.2, 0.25) is 0 Å². The van der Waals surface area contributed by atoms with Crippen LogP contribution in [-0.4, -0.2) is 29.9 Å². The highest BCUT2D eigenvalue weighted by atomic mass is 16.5. The number of oxime groups is 1. The summed E-state index contributed by atoms with van der Waals surface area (Å²) in [5.74, 6) is -0.511. The minimum absolute atomic E-state index is 0.0630. The second-order valence-corrected chi connectivity index (χ2v) is 4.90. The van der Waals surface area contributed by atoms with E-state index in [9.17, 15) is 9.59 Å². The van der Waals surface area contributed by atoms with Crippen molar-refractivity contribution in [2.75, 3.05) is 11.9 Å². The van der Waals surface area contributed by atoms with Gasteiger partial charge < -0.3 is 15.3 Å². The van der Waals surface area contributed by atoms with E-state index in [1.54, 1.807) is 19.1 Å². The number of rotatable bonds is 5. The van der Waals surface area contributed by atoms with Gasteiger partial charge in [0.05, 0.1) is 12.5 Å². The Bertz CT molecular complexity index is 539. The minimum atomic E-state index is -0.502. The van der Waals surface area contributed by atoms with E-state index in [1.807, 2.05) is 12.1 Å². The van der Waals surface area contributed by atoms with Gasteiger partial charge in [-0.1, -0.05) is 17.3 Å². The zero-order chi connectivity index (χ0) is 15.2. The van der Waals surface area contributed by atoms with Crippen molar-refractivity contribution in [1.29, 1.82) is 0 Å². The zero-order valence-corrected chi connectivity index (χ0v) is 11.8. The third kappa shape index (κ3) is 3.59. The van der Waals surface area contributed by atoms with E-state index in [-0.39, 0.29) is 17.8 Å². The lowest BCUT2D eigenvalue weighted by Crippen LogP contribution is -2.32. The second-order valence-electron chi connectivity index (χ2n) is 4.90. The van der Waals surface area contributed by atoms with Crippen LogP contribution in [0.1, 0.15) is 31.2 Å². The summed E-state index contributed by atoms with van der Waals surface area (Å²) in [6, 6.07) is 7.31. The number of hydrogen-bond acceptors (Lipinski definition) is 5. The van der Waals surface area contributed by atoms with Gasteiger partial charge in [-0.05, 0) is 43.4 Å². The molecule has 1 aliphatic rings. The molecule has 1 aromatic rings. The van der Waals surface area contributed by atoms with Crippen LogP contribution in [0.3, 0.4) is 0 Å². The van der Waals surface area contributed by atoms with Crippen LogP contribution in [0.25, 0.3) is 0 Å². The molecule has 6 nitrogen and oxygen atoms in total. The van der Waals surface area contributed by atoms with Gasteiger partial charge in [0.25, 0.3) is 5.91 Å². The Labute approximate surface area is 122 Å². The Hall–Kier alpha value is -2.37. The average molecular weight is 290 g/mol. The number of esters is 1. The summed E-state index contributed by atoms with van der Waals surface area (Å²) in [4.78, 5) is 23.0. The molecule has 21 heavy (non-hydrogen) atoms. The molecule has 1 fully saturated rings. The highest BCUT2D eigenvalue weighted by Gasteiger charge is 2.38. The topological polar surface area (TPSA) is 88.0 Å². The summed E-state index contributed by atoms with van der Waals surface area (Å²) >= 11 is 0. The van der Waals surface area contributed by atoms with E-state index < -0.39 is 5.91 Å². The van der Waals surface area contributed by atoms with E-state index in [1.165, 1.54) is 0 Å². The predicted molar refractivity (Wildman–Crippen MR) is 77.4 cm³/mol. The minimum Gasteiger partial charge on any atom is -0.466 e. The van der Waals surface area contributed by atoms with Crippen LogP contribution in [0.4, 0.5) is 5.69 Å². The maximum Gasteiger partial charge on any atom is 0.309 e. The van der Waals surface area contributed by atoms with Gasteiger partial charge in [-0.3, -0.25) is 9.59 Å². The molecular weight excluding hydrogens is 272 g/mol. The Balaban J connectivity index is 1.99. The van der Waals surface area contributed by atoms with E-state index in [2.05, 4.69) is 10.5 Å². The molecule has 0 bridgehead atoms. The van der Waals surface area contributed by atoms with Crippen LogP contribution in [0.2, 0.25) is 0 Å². The monoisotopic (exact) mass is 290 g/mol. The molecule has 6 heteroatoms. The Morgan fingerprint density at radius 2 is 2.10 bits per heavy atom. The first-order chi connectivity index (χ1) is 10.2. The van der Waals surface area contributed by atoms with Crippen LogP contribution >= 0.6 is 0 Å². The van der Waals surface area contributed by atoms with Gasteiger partial charge in [-0.2, -0.15) is 0 Å². The quantitative estimate of drug-likeness (QED) is 0.376. The number of nitrogens with zero attached hydrogens (tertiary/aromatic N) is 1. The molecule has 0 aliphatic heterocycles. The maximum absolute atomic E-state index is 11.8. The van der Waals surface area contributed by atoms with Crippen LogP contribution in [0.5, 0.6) is 0 Å². The third-order valence-corrected chi connectivity index (χ3v) is 3.65. The summed E-state index contributed by atoms with van der Waals surface area (Å²) in [7, 11) is 0. The molecule has 0 radical (unpaired) electrons. The van der Waals surface area contributed by atoms with Crippen LogP contribution < -0.4 is 5.32 Å². The zero-order valence-electron chi connectivity index (χ0n) is 11.8. The van der Waals surface area contributed by atoms with Gasteiger partial charge in [0.1, 0.15) is 6.21 Å². The molecule has 2 atom stereocenters. The van der Waals surface area contributed by atoms with Crippen molar-refractivity contribution in [2.45, 2.75) is 25.7 Å². The molecule has 0 saturated heterocycles. The number of hydrogen-bond donors (Lipinski definition) is 2. The molecular formula is C15H18N2O4. The lowest BCUT2D eigenvalue weighted by molar-refractivity contribution is -0.152. The van der Waals surface area contributed by atoms with E-state index in [0.29, 0.717) is 12.3 Å². The molecule has 0 heterocycles. The van der Waals surface area contributed by atoms with Crippen molar-refractivity contribution < 1.29 is 19.5 Å². The number of anilines is 1. The third-order valence-electron chi connectivity index (χ3n) is 3.65. The maximum atomic E-state index is 11.8. The summed E-state index contributed by atoms with van der Waals surface area (Å²) in [6.07, 6.45) is 2.61. The van der Waals surface area contributed by atoms with Crippen molar-refractivity contribution in [3.63, 3.8) is 0 Å². The first-order valence-electron chi connectivity index (χ1n) is 6.90. The Kier molecular flexibility index (Phi) is 4.92. The fourth-order valence-corrected chi connectivity index (χ4v) is 2.47. The van der Waals surface area contributed by atoms with E-state index in [0.717, 1.165) is 24.6 Å². The first kappa shape index (κ1) is 15.0. The molecule has 0 spiro atoms. The van der Waals surface area contributed by atoms with Crippen molar-refractivity contribution in [3.8, 4) is 0 Å². The highest BCUT2D eigenvalue weighted by molar-refractivity contribution is 6.31. The van der Waals surface area contributed by atoms with E-state index >= 15 is 0 Å². The molecule has 2 rings (SSSR count). The predicted octanol–water partition coefficient (Wildman–Crippen LogP) is 2.14. The number of nitrogens with one attached hydrogen (secondary N) is 1. The lowest BCUT2D eigenvalue weighted by atomic mass is 9.70. The first-order valence-corrected chi connectivity index (χ1v) is 6.90. The molecule has 1 amide bonds. The number of benzene rings is 1. The van der Waals surface area contributed by atoms with Gasteiger partial charge in [-0.25, -0.2) is 0 Å². The standard InChI is InChI=1S/C15H18N2O4/c1-2-21-15(19)13-8-7-12(13)10-3-5-11(6-4-10)17-14(18)9-16-20/h3-6,9,12-13,20H,2,7-8H2,1H3,(H,17,18)/b16-9+. The van der Waals surface area contributed by atoms with Crippen molar-refractivity contribution in [1.82, 2.24) is 0 Å². The van der Waals surface area contributed by atoms with Crippen molar-refractivity contribution in [2.24, 2.45) is 11.1 Å². The molecule has 2 unspecified atom stereocenters. The number of carbonyl (C=O) groups excluding carboxylic acids is 2. The fourth-order valence-electron chi connectivity index (χ4n) is 2.47. The Morgan fingerprint density at radius 3 is 2.62 bits per heavy atom. The molecule has 1 saturated carbocycles. The lowest BCUT2D eigenvalue weighted by Gasteiger charge is -2.35. The molecule has 1 aromatic carbocycles. The van der Waals surface area contributed by atoms with Gasteiger partial charge in [0, 0.05) is 5.69 Å². The summed E-state index contributed by atoms with van der Waals surface area (Å²) in [5, 5.41) is 13.5.